The maximum Gasteiger partial charge on any atom is 0.105 e. The zero-order chi connectivity index (χ0) is 13.2. The van der Waals surface area contributed by atoms with Crippen molar-refractivity contribution in [2.24, 2.45) is 5.73 Å². The van der Waals surface area contributed by atoms with E-state index >= 15 is 0 Å². The minimum atomic E-state index is -0.0392. The van der Waals surface area contributed by atoms with Gasteiger partial charge in [0.05, 0.1) is 0 Å². The van der Waals surface area contributed by atoms with Crippen LogP contribution in [0.5, 0.6) is 0 Å². The molecule has 0 saturated carbocycles. The van der Waals surface area contributed by atoms with Gasteiger partial charge in [0.2, 0.25) is 0 Å². The summed E-state index contributed by atoms with van der Waals surface area (Å²) in [7, 11) is 0. The Bertz CT molecular complexity index is 686. The number of anilines is 1. The molecule has 0 spiro atoms. The highest BCUT2D eigenvalue weighted by atomic mass is 14.9. The van der Waals surface area contributed by atoms with Crippen LogP contribution in [0.2, 0.25) is 0 Å². The molecule has 0 amide bonds. The molecule has 0 fully saturated rings. The number of hydrogen-bond donors (Lipinski definition) is 3. The van der Waals surface area contributed by atoms with Gasteiger partial charge in [0.25, 0.3) is 0 Å². The van der Waals surface area contributed by atoms with Gasteiger partial charge in [-0.05, 0) is 18.1 Å². The van der Waals surface area contributed by atoms with Crippen molar-refractivity contribution in [3.63, 3.8) is 0 Å². The van der Waals surface area contributed by atoms with Crippen LogP contribution in [-0.4, -0.2) is 4.98 Å². The molecule has 0 aliphatic carbocycles. The number of fused-ring (bicyclic) bond motifs is 1. The smallest absolute Gasteiger partial charge is 0.105 e. The standard InChI is InChI=1S/C16H17N3/c17-14(11-6-2-1-3-7-11)10-13-12-8-4-5-9-15(12)19-16(13)18/h1-9,14,19H,10,17-18H2. The Labute approximate surface area is 112 Å². The number of nitrogens with one attached hydrogen (secondary N) is 1. The van der Waals surface area contributed by atoms with Gasteiger partial charge in [-0.2, -0.15) is 0 Å². The Hall–Kier alpha value is -2.26. The van der Waals surface area contributed by atoms with Crippen molar-refractivity contribution in [3.05, 3.63) is 65.7 Å². The normalized spacial score (nSPS) is 12.7. The molecule has 0 bridgehead atoms. The summed E-state index contributed by atoms with van der Waals surface area (Å²) in [5.74, 6) is 0.715. The van der Waals surface area contributed by atoms with E-state index in [1.807, 2.05) is 36.4 Å². The molecule has 2 aromatic carbocycles. The van der Waals surface area contributed by atoms with Gasteiger partial charge < -0.3 is 16.5 Å². The first kappa shape index (κ1) is 11.8. The van der Waals surface area contributed by atoms with Gasteiger partial charge in [-0.25, -0.2) is 0 Å². The van der Waals surface area contributed by atoms with Crippen molar-refractivity contribution in [2.75, 3.05) is 5.73 Å². The number of rotatable bonds is 3. The lowest BCUT2D eigenvalue weighted by Gasteiger charge is -2.12. The van der Waals surface area contributed by atoms with Crippen molar-refractivity contribution < 1.29 is 0 Å². The van der Waals surface area contributed by atoms with Crippen LogP contribution >= 0.6 is 0 Å². The van der Waals surface area contributed by atoms with Crippen LogP contribution in [-0.2, 0) is 6.42 Å². The summed E-state index contributed by atoms with van der Waals surface area (Å²) in [6.07, 6.45) is 0.736. The fourth-order valence-corrected chi connectivity index (χ4v) is 2.48. The first-order chi connectivity index (χ1) is 9.25. The Morgan fingerprint density at radius 1 is 0.947 bits per heavy atom. The summed E-state index contributed by atoms with van der Waals surface area (Å²) in [4.78, 5) is 3.21. The second-order valence-corrected chi connectivity index (χ2v) is 4.78. The Balaban J connectivity index is 1.95. The molecule has 3 rings (SSSR count). The van der Waals surface area contributed by atoms with Gasteiger partial charge >= 0.3 is 0 Å². The molecular formula is C16H17N3. The van der Waals surface area contributed by atoms with Gasteiger partial charge in [0.1, 0.15) is 5.82 Å². The number of hydrogen-bond acceptors (Lipinski definition) is 2. The number of H-pyrrole nitrogens is 1. The van der Waals surface area contributed by atoms with E-state index in [4.69, 9.17) is 11.5 Å². The van der Waals surface area contributed by atoms with Crippen LogP contribution in [0.3, 0.4) is 0 Å². The maximum atomic E-state index is 6.28. The fraction of sp³-hybridized carbons (Fsp3) is 0.125. The molecule has 96 valence electrons. The summed E-state index contributed by atoms with van der Waals surface area (Å²) in [6, 6.07) is 18.2. The van der Waals surface area contributed by atoms with Crippen LogP contribution in [0, 0.1) is 0 Å². The van der Waals surface area contributed by atoms with Crippen LogP contribution in [0.15, 0.2) is 54.6 Å². The predicted octanol–water partition coefficient (Wildman–Crippen LogP) is 2.99. The first-order valence-electron chi connectivity index (χ1n) is 6.41. The molecule has 0 saturated heterocycles. The van der Waals surface area contributed by atoms with Crippen molar-refractivity contribution >= 4 is 16.7 Å². The molecule has 1 aromatic heterocycles. The van der Waals surface area contributed by atoms with E-state index in [0.717, 1.165) is 28.5 Å². The highest BCUT2D eigenvalue weighted by Crippen LogP contribution is 2.28. The Morgan fingerprint density at radius 2 is 1.63 bits per heavy atom. The van der Waals surface area contributed by atoms with Crippen LogP contribution in [0.25, 0.3) is 10.9 Å². The molecule has 19 heavy (non-hydrogen) atoms. The van der Waals surface area contributed by atoms with Gasteiger partial charge in [-0.3, -0.25) is 0 Å². The van der Waals surface area contributed by atoms with Crippen LogP contribution in [0.4, 0.5) is 5.82 Å². The van der Waals surface area contributed by atoms with Gasteiger partial charge in [0, 0.05) is 22.5 Å². The maximum absolute atomic E-state index is 6.28. The summed E-state index contributed by atoms with van der Waals surface area (Å²) in [5, 5.41) is 1.16. The number of benzene rings is 2. The zero-order valence-corrected chi connectivity index (χ0v) is 10.6. The van der Waals surface area contributed by atoms with E-state index in [1.165, 1.54) is 0 Å². The largest absolute Gasteiger partial charge is 0.385 e. The highest BCUT2D eigenvalue weighted by molar-refractivity contribution is 5.88. The first-order valence-corrected chi connectivity index (χ1v) is 6.41. The second-order valence-electron chi connectivity index (χ2n) is 4.78. The molecule has 0 radical (unpaired) electrons. The fourth-order valence-electron chi connectivity index (χ4n) is 2.48. The van der Waals surface area contributed by atoms with Crippen molar-refractivity contribution in [2.45, 2.75) is 12.5 Å². The van der Waals surface area contributed by atoms with Gasteiger partial charge in [-0.1, -0.05) is 48.5 Å². The Kier molecular flexibility index (Phi) is 2.97. The van der Waals surface area contributed by atoms with E-state index in [1.54, 1.807) is 0 Å². The average Bonchev–Trinajstić information content (AvgIpc) is 2.76. The molecular weight excluding hydrogens is 234 g/mol. The lowest BCUT2D eigenvalue weighted by atomic mass is 9.99. The molecule has 1 heterocycles. The number of nitrogen functional groups attached to an aromatic ring is 1. The van der Waals surface area contributed by atoms with Crippen LogP contribution < -0.4 is 11.5 Å². The molecule has 0 aliphatic heterocycles. The zero-order valence-electron chi connectivity index (χ0n) is 10.6. The lowest BCUT2D eigenvalue weighted by molar-refractivity contribution is 0.726. The number of aromatic nitrogens is 1. The van der Waals surface area contributed by atoms with Crippen LogP contribution in [0.1, 0.15) is 17.2 Å². The van der Waals surface area contributed by atoms with E-state index in [9.17, 15) is 0 Å². The van der Waals surface area contributed by atoms with E-state index in [-0.39, 0.29) is 6.04 Å². The van der Waals surface area contributed by atoms with Crippen molar-refractivity contribution in [1.82, 2.24) is 4.98 Å². The van der Waals surface area contributed by atoms with Crippen molar-refractivity contribution in [1.29, 1.82) is 0 Å². The van der Waals surface area contributed by atoms with Gasteiger partial charge in [-0.15, -0.1) is 0 Å². The SMILES string of the molecule is Nc1[nH]c2ccccc2c1CC(N)c1ccccc1. The molecule has 1 unspecified atom stereocenters. The van der Waals surface area contributed by atoms with E-state index in [2.05, 4.69) is 23.2 Å². The molecule has 3 heteroatoms. The van der Waals surface area contributed by atoms with Gasteiger partial charge in [0.15, 0.2) is 0 Å². The third-order valence-corrected chi connectivity index (χ3v) is 3.50. The third-order valence-electron chi connectivity index (χ3n) is 3.50. The quantitative estimate of drug-likeness (QED) is 0.670. The minimum Gasteiger partial charge on any atom is -0.385 e. The van der Waals surface area contributed by atoms with E-state index in [0.29, 0.717) is 5.82 Å². The lowest BCUT2D eigenvalue weighted by Crippen LogP contribution is -2.13. The number of aromatic amines is 1. The average molecular weight is 251 g/mol. The monoisotopic (exact) mass is 251 g/mol. The second kappa shape index (κ2) is 4.78. The number of para-hydroxylation sites is 1. The summed E-state index contributed by atoms with van der Waals surface area (Å²) >= 11 is 0. The van der Waals surface area contributed by atoms with Crippen molar-refractivity contribution in [3.8, 4) is 0 Å². The van der Waals surface area contributed by atoms with E-state index < -0.39 is 0 Å². The molecule has 5 N–H and O–H groups in total. The topological polar surface area (TPSA) is 67.8 Å². The summed E-state index contributed by atoms with van der Waals surface area (Å²) in [6.45, 7) is 0. The molecule has 3 nitrogen and oxygen atoms in total. The molecule has 0 aliphatic rings. The third kappa shape index (κ3) is 2.20. The summed E-state index contributed by atoms with van der Waals surface area (Å²) in [5.41, 5.74) is 15.6. The molecule has 1 atom stereocenters. The minimum absolute atomic E-state index is 0.0392. The Morgan fingerprint density at radius 3 is 2.42 bits per heavy atom. The molecule has 3 aromatic rings. The number of nitrogens with two attached hydrogens (primary N) is 2. The highest BCUT2D eigenvalue weighted by Gasteiger charge is 2.13. The predicted molar refractivity (Wildman–Crippen MR) is 79.8 cm³/mol. The summed E-state index contributed by atoms with van der Waals surface area (Å²) < 4.78 is 0.